The zero-order chi connectivity index (χ0) is 21.4. The molecular weight excluding hydrogens is 379 g/mol. The van der Waals surface area contributed by atoms with E-state index in [0.717, 1.165) is 5.57 Å². The first-order chi connectivity index (χ1) is 13.5. The molecule has 8 heteroatoms. The van der Waals surface area contributed by atoms with Crippen molar-refractivity contribution in [2.24, 2.45) is 0 Å². The molecule has 3 rings (SSSR count). The molecule has 0 unspecified atom stereocenters. The van der Waals surface area contributed by atoms with Crippen LogP contribution in [0.5, 0.6) is 0 Å². The van der Waals surface area contributed by atoms with Crippen LogP contribution >= 0.6 is 0 Å². The summed E-state index contributed by atoms with van der Waals surface area (Å²) in [6, 6.07) is 1.28. The van der Waals surface area contributed by atoms with Crippen LogP contribution in [0.25, 0.3) is 5.57 Å². The monoisotopic (exact) mass is 408 g/mol. The van der Waals surface area contributed by atoms with Crippen LogP contribution in [0.15, 0.2) is 18.3 Å². The lowest BCUT2D eigenvalue weighted by atomic mass is 10.0. The van der Waals surface area contributed by atoms with Gasteiger partial charge in [-0.25, -0.2) is 9.18 Å². The molecule has 1 aromatic heterocycles. The largest absolute Gasteiger partial charge is 0.444 e. The Morgan fingerprint density at radius 2 is 2.17 bits per heavy atom. The number of rotatable bonds is 3. The highest BCUT2D eigenvalue weighted by Crippen LogP contribution is 2.32. The average Bonchev–Trinajstić information content (AvgIpc) is 2.99. The summed E-state index contributed by atoms with van der Waals surface area (Å²) in [7, 11) is 0. The van der Waals surface area contributed by atoms with E-state index in [0.29, 0.717) is 25.1 Å². The van der Waals surface area contributed by atoms with E-state index >= 15 is 0 Å². The smallest absolute Gasteiger partial charge is 0.410 e. The maximum Gasteiger partial charge on any atom is 0.410 e. The van der Waals surface area contributed by atoms with Gasteiger partial charge in [0.15, 0.2) is 5.79 Å². The molecule has 1 aromatic rings. The van der Waals surface area contributed by atoms with Crippen molar-refractivity contribution in [3.05, 3.63) is 35.4 Å². The maximum atomic E-state index is 14.7. The lowest BCUT2D eigenvalue weighted by Gasteiger charge is -2.29. The fourth-order valence-corrected chi connectivity index (χ4v) is 3.31. The van der Waals surface area contributed by atoms with Crippen LogP contribution in [0.3, 0.4) is 0 Å². The standard InChI is InChI=1S/C21H29FN2O5/c1-20(2,3)29-19(26)24-8-6-13(7-9-24)17-15(22)10-14(11-23-17)18(25)16-12-27-21(4,5)28-16/h6,10-11,16,18,25H,7-9,12H2,1-5H3/t16-,18-/m1/s1. The molecular formula is C21H29FN2O5. The number of pyridine rings is 1. The van der Waals surface area contributed by atoms with Gasteiger partial charge in [-0.3, -0.25) is 4.98 Å². The summed E-state index contributed by atoms with van der Waals surface area (Å²) in [4.78, 5) is 17.9. The summed E-state index contributed by atoms with van der Waals surface area (Å²) in [5.74, 6) is -1.29. The molecule has 0 spiro atoms. The minimum Gasteiger partial charge on any atom is -0.444 e. The molecule has 2 atom stereocenters. The molecule has 1 saturated heterocycles. The van der Waals surface area contributed by atoms with Crippen molar-refractivity contribution in [1.82, 2.24) is 9.88 Å². The maximum absolute atomic E-state index is 14.7. The first kappa shape index (κ1) is 21.7. The van der Waals surface area contributed by atoms with Crippen LogP contribution in [-0.4, -0.2) is 58.3 Å². The summed E-state index contributed by atoms with van der Waals surface area (Å²) >= 11 is 0. The summed E-state index contributed by atoms with van der Waals surface area (Å²) in [6.07, 6.45) is 1.72. The summed E-state index contributed by atoms with van der Waals surface area (Å²) in [5, 5.41) is 10.5. The minimum absolute atomic E-state index is 0.225. The fourth-order valence-electron chi connectivity index (χ4n) is 3.31. The Labute approximate surface area is 170 Å². The number of nitrogens with zero attached hydrogens (tertiary/aromatic N) is 2. The molecule has 160 valence electrons. The van der Waals surface area contributed by atoms with Crippen LogP contribution in [-0.2, 0) is 14.2 Å². The third-order valence-electron chi connectivity index (χ3n) is 4.75. The van der Waals surface area contributed by atoms with E-state index in [9.17, 15) is 14.3 Å². The fraction of sp³-hybridized carbons (Fsp3) is 0.619. The van der Waals surface area contributed by atoms with Crippen molar-refractivity contribution in [2.45, 2.75) is 64.6 Å². The van der Waals surface area contributed by atoms with Crippen molar-refractivity contribution in [2.75, 3.05) is 19.7 Å². The van der Waals surface area contributed by atoms with E-state index in [1.165, 1.54) is 12.3 Å². The van der Waals surface area contributed by atoms with Crippen LogP contribution in [0, 0.1) is 5.82 Å². The van der Waals surface area contributed by atoms with Gasteiger partial charge in [0.25, 0.3) is 0 Å². The van der Waals surface area contributed by atoms with Crippen molar-refractivity contribution in [3.63, 3.8) is 0 Å². The lowest BCUT2D eigenvalue weighted by molar-refractivity contribution is -0.151. The molecule has 0 aliphatic carbocycles. The first-order valence-corrected chi connectivity index (χ1v) is 9.78. The van der Waals surface area contributed by atoms with Gasteiger partial charge < -0.3 is 24.2 Å². The highest BCUT2D eigenvalue weighted by Gasteiger charge is 2.37. The molecule has 0 aromatic carbocycles. The van der Waals surface area contributed by atoms with E-state index in [-0.39, 0.29) is 18.4 Å². The number of carbonyl (C=O) groups excluding carboxylic acids is 1. The minimum atomic E-state index is -1.03. The molecule has 3 heterocycles. The second kappa shape index (κ2) is 8.01. The molecule has 2 aliphatic heterocycles. The van der Waals surface area contributed by atoms with Gasteiger partial charge in [0, 0.05) is 24.8 Å². The third-order valence-corrected chi connectivity index (χ3v) is 4.75. The van der Waals surface area contributed by atoms with Gasteiger partial charge in [-0.05, 0) is 52.7 Å². The Balaban J connectivity index is 1.67. The van der Waals surface area contributed by atoms with Crippen LogP contribution in [0.1, 0.15) is 58.4 Å². The number of halogens is 1. The first-order valence-electron chi connectivity index (χ1n) is 9.78. The number of hydrogen-bond donors (Lipinski definition) is 1. The number of ether oxygens (including phenoxy) is 3. The topological polar surface area (TPSA) is 81.1 Å². The molecule has 7 nitrogen and oxygen atoms in total. The van der Waals surface area contributed by atoms with E-state index in [1.807, 2.05) is 20.8 Å². The van der Waals surface area contributed by atoms with Crippen molar-refractivity contribution >= 4 is 11.7 Å². The SMILES string of the molecule is CC(C)(C)OC(=O)N1CC=C(c2ncc([C@@H](O)[C@H]3COC(C)(C)O3)cc2F)CC1. The number of carbonyl (C=O) groups is 1. The van der Waals surface area contributed by atoms with Crippen LogP contribution in [0.4, 0.5) is 9.18 Å². The predicted octanol–water partition coefficient (Wildman–Crippen LogP) is 3.43. The van der Waals surface area contributed by atoms with Gasteiger partial charge in [-0.2, -0.15) is 0 Å². The van der Waals surface area contributed by atoms with Crippen molar-refractivity contribution in [1.29, 1.82) is 0 Å². The van der Waals surface area contributed by atoms with Crippen LogP contribution in [0.2, 0.25) is 0 Å². The Morgan fingerprint density at radius 1 is 1.45 bits per heavy atom. The highest BCUT2D eigenvalue weighted by molar-refractivity contribution is 5.72. The third kappa shape index (κ3) is 5.32. The number of aliphatic hydroxyl groups is 1. The van der Waals surface area contributed by atoms with Crippen molar-refractivity contribution < 1.29 is 28.5 Å². The summed E-state index contributed by atoms with van der Waals surface area (Å²) in [6.45, 7) is 9.95. The molecule has 29 heavy (non-hydrogen) atoms. The highest BCUT2D eigenvalue weighted by atomic mass is 19.1. The summed E-state index contributed by atoms with van der Waals surface area (Å²) in [5.41, 5.74) is 0.734. The zero-order valence-corrected chi connectivity index (χ0v) is 17.6. The molecule has 0 radical (unpaired) electrons. The molecule has 1 fully saturated rings. The Morgan fingerprint density at radius 3 is 2.69 bits per heavy atom. The van der Waals surface area contributed by atoms with Gasteiger partial charge in [0.2, 0.25) is 0 Å². The molecule has 0 saturated carbocycles. The predicted molar refractivity (Wildman–Crippen MR) is 104 cm³/mol. The average molecular weight is 408 g/mol. The van der Waals surface area contributed by atoms with Gasteiger partial charge in [0.05, 0.1) is 6.61 Å². The second-order valence-corrected chi connectivity index (χ2v) is 8.82. The molecule has 0 bridgehead atoms. The normalized spacial score (nSPS) is 22.9. The van der Waals surface area contributed by atoms with Crippen molar-refractivity contribution in [3.8, 4) is 0 Å². The van der Waals surface area contributed by atoms with Gasteiger partial charge in [-0.1, -0.05) is 6.08 Å². The summed E-state index contributed by atoms with van der Waals surface area (Å²) < 4.78 is 31.2. The number of amides is 1. The van der Waals surface area contributed by atoms with Crippen LogP contribution < -0.4 is 0 Å². The number of hydrogen-bond acceptors (Lipinski definition) is 6. The Bertz CT molecular complexity index is 803. The zero-order valence-electron chi connectivity index (χ0n) is 17.6. The second-order valence-electron chi connectivity index (χ2n) is 8.82. The Hall–Kier alpha value is -2.03. The van der Waals surface area contributed by atoms with Gasteiger partial charge in [0.1, 0.15) is 29.3 Å². The number of aromatic nitrogens is 1. The van der Waals surface area contributed by atoms with E-state index in [1.54, 1.807) is 24.8 Å². The van der Waals surface area contributed by atoms with E-state index in [4.69, 9.17) is 14.2 Å². The van der Waals surface area contributed by atoms with E-state index in [2.05, 4.69) is 4.98 Å². The van der Waals surface area contributed by atoms with E-state index < -0.39 is 29.4 Å². The lowest BCUT2D eigenvalue weighted by Crippen LogP contribution is -2.39. The van der Waals surface area contributed by atoms with Gasteiger partial charge >= 0.3 is 6.09 Å². The molecule has 1 amide bonds. The molecule has 2 aliphatic rings. The molecule has 1 N–H and O–H groups in total. The quantitative estimate of drug-likeness (QED) is 0.825. The number of aliphatic hydroxyl groups excluding tert-OH is 1. The Kier molecular flexibility index (Phi) is 5.98. The van der Waals surface area contributed by atoms with Gasteiger partial charge in [-0.15, -0.1) is 0 Å².